The van der Waals surface area contributed by atoms with E-state index < -0.39 is 5.97 Å². The van der Waals surface area contributed by atoms with Gasteiger partial charge < -0.3 is 10.4 Å². The van der Waals surface area contributed by atoms with Crippen LogP contribution >= 0.6 is 11.8 Å². The van der Waals surface area contributed by atoms with Gasteiger partial charge in [-0.1, -0.05) is 0 Å². The maximum Gasteiger partial charge on any atom is 0.303 e. The normalized spacial score (nSPS) is 17.5. The van der Waals surface area contributed by atoms with Crippen molar-refractivity contribution in [3.8, 4) is 0 Å². The minimum absolute atomic E-state index is 0.00104. The molecule has 0 aromatic heterocycles. The Bertz CT molecular complexity index is 238. The number of carboxylic acids is 1. The Balaban J connectivity index is 2.17. The summed E-state index contributed by atoms with van der Waals surface area (Å²) in [4.78, 5) is 21.4. The van der Waals surface area contributed by atoms with Crippen molar-refractivity contribution in [3.63, 3.8) is 0 Å². The molecule has 0 unspecified atom stereocenters. The number of hydrogen-bond acceptors (Lipinski definition) is 3. The van der Waals surface area contributed by atoms with E-state index in [-0.39, 0.29) is 17.7 Å². The molecule has 0 aliphatic heterocycles. The molecule has 1 aliphatic rings. The van der Waals surface area contributed by atoms with E-state index in [4.69, 9.17) is 5.11 Å². The SMILES string of the molecule is CNC(=O)CSCC1(CC(=O)O)CC1. The van der Waals surface area contributed by atoms with Crippen LogP contribution in [-0.2, 0) is 9.59 Å². The number of nitrogens with one attached hydrogen (secondary N) is 1. The minimum atomic E-state index is -0.733. The van der Waals surface area contributed by atoms with Crippen LogP contribution in [0.1, 0.15) is 19.3 Å². The highest BCUT2D eigenvalue weighted by Crippen LogP contribution is 2.50. The Morgan fingerprint density at radius 3 is 2.57 bits per heavy atom. The van der Waals surface area contributed by atoms with Crippen LogP contribution in [0.15, 0.2) is 0 Å². The van der Waals surface area contributed by atoms with Crippen molar-refractivity contribution in [2.45, 2.75) is 19.3 Å². The summed E-state index contributed by atoms with van der Waals surface area (Å²) in [6.07, 6.45) is 2.22. The lowest BCUT2D eigenvalue weighted by Crippen LogP contribution is -2.21. The third kappa shape index (κ3) is 3.57. The third-order valence-corrected chi connectivity index (χ3v) is 3.69. The second-order valence-electron chi connectivity index (χ2n) is 3.74. The van der Waals surface area contributed by atoms with Crippen LogP contribution in [0.4, 0.5) is 0 Å². The zero-order valence-electron chi connectivity index (χ0n) is 8.21. The van der Waals surface area contributed by atoms with Crippen LogP contribution in [0.25, 0.3) is 0 Å². The van der Waals surface area contributed by atoms with E-state index in [0.29, 0.717) is 5.75 Å². The molecule has 0 saturated heterocycles. The molecule has 0 aromatic rings. The highest BCUT2D eigenvalue weighted by Gasteiger charge is 2.44. The van der Waals surface area contributed by atoms with Crippen LogP contribution in [0.2, 0.25) is 0 Å². The van der Waals surface area contributed by atoms with E-state index >= 15 is 0 Å². The van der Waals surface area contributed by atoms with E-state index in [0.717, 1.165) is 18.6 Å². The highest BCUT2D eigenvalue weighted by molar-refractivity contribution is 7.99. The number of thioether (sulfide) groups is 1. The topological polar surface area (TPSA) is 66.4 Å². The van der Waals surface area contributed by atoms with Crippen molar-refractivity contribution < 1.29 is 14.7 Å². The zero-order valence-corrected chi connectivity index (χ0v) is 9.02. The van der Waals surface area contributed by atoms with Gasteiger partial charge in [0.25, 0.3) is 0 Å². The molecule has 0 spiro atoms. The highest BCUT2D eigenvalue weighted by atomic mass is 32.2. The minimum Gasteiger partial charge on any atom is -0.481 e. The lowest BCUT2D eigenvalue weighted by atomic mass is 10.1. The summed E-state index contributed by atoms with van der Waals surface area (Å²) in [5.41, 5.74) is -0.00940. The van der Waals surface area contributed by atoms with Crippen molar-refractivity contribution in [3.05, 3.63) is 0 Å². The summed E-state index contributed by atoms with van der Waals surface area (Å²) < 4.78 is 0. The Morgan fingerprint density at radius 1 is 1.50 bits per heavy atom. The molecule has 1 amide bonds. The molecular formula is C9H15NO3S. The molecule has 1 saturated carbocycles. The van der Waals surface area contributed by atoms with Gasteiger partial charge in [0, 0.05) is 7.05 Å². The van der Waals surface area contributed by atoms with Crippen molar-refractivity contribution in [1.29, 1.82) is 0 Å². The molecule has 0 radical (unpaired) electrons. The fraction of sp³-hybridized carbons (Fsp3) is 0.778. The first kappa shape index (κ1) is 11.4. The second-order valence-corrected chi connectivity index (χ2v) is 4.72. The maximum atomic E-state index is 10.9. The van der Waals surface area contributed by atoms with E-state index in [2.05, 4.69) is 5.32 Å². The number of carbonyl (C=O) groups is 2. The van der Waals surface area contributed by atoms with E-state index in [9.17, 15) is 9.59 Å². The molecule has 80 valence electrons. The largest absolute Gasteiger partial charge is 0.481 e. The monoisotopic (exact) mass is 217 g/mol. The Kier molecular flexibility index (Phi) is 3.80. The molecule has 2 N–H and O–H groups in total. The van der Waals surface area contributed by atoms with Crippen LogP contribution in [-0.4, -0.2) is 35.5 Å². The van der Waals surface area contributed by atoms with E-state index in [1.807, 2.05) is 0 Å². The van der Waals surface area contributed by atoms with E-state index in [1.54, 1.807) is 7.05 Å². The van der Waals surface area contributed by atoms with Crippen molar-refractivity contribution in [1.82, 2.24) is 5.32 Å². The van der Waals surface area contributed by atoms with Gasteiger partial charge in [-0.05, 0) is 24.0 Å². The van der Waals surface area contributed by atoms with Crippen molar-refractivity contribution in [2.24, 2.45) is 5.41 Å². The molecule has 0 aromatic carbocycles. The average molecular weight is 217 g/mol. The first-order valence-corrected chi connectivity index (χ1v) is 5.74. The lowest BCUT2D eigenvalue weighted by Gasteiger charge is -2.10. The number of amides is 1. The Hall–Kier alpha value is -0.710. The molecule has 1 rings (SSSR count). The summed E-state index contributed by atoms with van der Waals surface area (Å²) in [5, 5.41) is 11.2. The Labute approximate surface area is 87.4 Å². The number of carboxylic acid groups (broad SMARTS) is 1. The molecular weight excluding hydrogens is 202 g/mol. The van der Waals surface area contributed by atoms with Crippen LogP contribution in [0.5, 0.6) is 0 Å². The molecule has 1 aliphatic carbocycles. The lowest BCUT2D eigenvalue weighted by molar-refractivity contribution is -0.138. The number of carbonyl (C=O) groups excluding carboxylic acids is 1. The second kappa shape index (κ2) is 4.68. The van der Waals surface area contributed by atoms with Crippen LogP contribution in [0, 0.1) is 5.41 Å². The summed E-state index contributed by atoms with van der Waals surface area (Å²) in [5.74, 6) is 0.481. The predicted molar refractivity (Wildman–Crippen MR) is 55.3 cm³/mol. The standard InChI is InChI=1S/C9H15NO3S/c1-10-7(11)5-14-6-9(2-3-9)4-8(12)13/h2-6H2,1H3,(H,10,11)(H,12,13). The third-order valence-electron chi connectivity index (χ3n) is 2.40. The first-order chi connectivity index (χ1) is 6.58. The fourth-order valence-electron chi connectivity index (χ4n) is 1.30. The smallest absolute Gasteiger partial charge is 0.303 e. The molecule has 14 heavy (non-hydrogen) atoms. The molecule has 1 fully saturated rings. The van der Waals surface area contributed by atoms with Crippen LogP contribution < -0.4 is 5.32 Å². The number of rotatable bonds is 6. The first-order valence-electron chi connectivity index (χ1n) is 4.58. The van der Waals surface area contributed by atoms with Crippen molar-refractivity contribution >= 4 is 23.6 Å². The fourth-order valence-corrected chi connectivity index (χ4v) is 2.56. The molecule has 0 bridgehead atoms. The zero-order chi connectivity index (χ0) is 10.6. The molecule has 0 heterocycles. The summed E-state index contributed by atoms with van der Waals surface area (Å²) in [6.45, 7) is 0. The maximum absolute atomic E-state index is 10.9. The summed E-state index contributed by atoms with van der Waals surface area (Å²) in [6, 6.07) is 0. The summed E-state index contributed by atoms with van der Waals surface area (Å²) >= 11 is 1.52. The van der Waals surface area contributed by atoms with Gasteiger partial charge in [0.05, 0.1) is 12.2 Å². The van der Waals surface area contributed by atoms with Crippen molar-refractivity contribution in [2.75, 3.05) is 18.6 Å². The summed E-state index contributed by atoms with van der Waals surface area (Å²) in [7, 11) is 1.60. The van der Waals surface area contributed by atoms with Crippen LogP contribution in [0.3, 0.4) is 0 Å². The quantitative estimate of drug-likeness (QED) is 0.688. The van der Waals surface area contributed by atoms with Gasteiger partial charge in [0.15, 0.2) is 0 Å². The van der Waals surface area contributed by atoms with Gasteiger partial charge in [-0.15, -0.1) is 0 Å². The van der Waals surface area contributed by atoms with Gasteiger partial charge in [0.1, 0.15) is 0 Å². The molecule has 4 nitrogen and oxygen atoms in total. The number of hydrogen-bond donors (Lipinski definition) is 2. The van der Waals surface area contributed by atoms with Gasteiger partial charge in [-0.3, -0.25) is 9.59 Å². The average Bonchev–Trinajstić information content (AvgIpc) is 2.83. The van der Waals surface area contributed by atoms with Gasteiger partial charge in [-0.2, -0.15) is 11.8 Å². The predicted octanol–water partition coefficient (Wildman–Crippen LogP) is 0.720. The van der Waals surface area contributed by atoms with E-state index in [1.165, 1.54) is 11.8 Å². The number of aliphatic carboxylic acids is 1. The molecule has 0 atom stereocenters. The van der Waals surface area contributed by atoms with Gasteiger partial charge >= 0.3 is 5.97 Å². The molecule has 5 heteroatoms. The van der Waals surface area contributed by atoms with Gasteiger partial charge in [0.2, 0.25) is 5.91 Å². The van der Waals surface area contributed by atoms with Gasteiger partial charge in [-0.25, -0.2) is 0 Å². The Morgan fingerprint density at radius 2 is 2.14 bits per heavy atom.